The first-order valence-electron chi connectivity index (χ1n) is 11.1. The second-order valence-electron chi connectivity index (χ2n) is 7.60. The highest BCUT2D eigenvalue weighted by Crippen LogP contribution is 2.32. The van der Waals surface area contributed by atoms with Crippen molar-refractivity contribution in [3.63, 3.8) is 0 Å². The molecule has 1 atom stereocenters. The molecule has 0 radical (unpaired) electrons. The SMILES string of the molecule is CCOC(=O)C1=C(C)N(CC)C(=S)N[C@@H]1c1ccc(NC(=O)Nc2cccc(CC)c2)cc1. The summed E-state index contributed by atoms with van der Waals surface area (Å²) in [7, 11) is 0. The molecule has 174 valence electrons. The van der Waals surface area contributed by atoms with E-state index < -0.39 is 6.04 Å². The van der Waals surface area contributed by atoms with Gasteiger partial charge in [0.15, 0.2) is 5.11 Å². The number of allylic oxidation sites excluding steroid dienone is 1. The molecule has 0 aliphatic carbocycles. The van der Waals surface area contributed by atoms with Gasteiger partial charge in [-0.05, 0) is 74.8 Å². The van der Waals surface area contributed by atoms with Gasteiger partial charge >= 0.3 is 12.0 Å². The summed E-state index contributed by atoms with van der Waals surface area (Å²) in [6.07, 6.45) is 0.898. The molecule has 2 amide bonds. The number of anilines is 2. The summed E-state index contributed by atoms with van der Waals surface area (Å²) in [6.45, 7) is 8.64. The van der Waals surface area contributed by atoms with Gasteiger partial charge in [-0.15, -0.1) is 0 Å². The van der Waals surface area contributed by atoms with E-state index in [1.54, 1.807) is 19.1 Å². The first-order chi connectivity index (χ1) is 15.9. The van der Waals surface area contributed by atoms with Gasteiger partial charge in [0.25, 0.3) is 0 Å². The average Bonchev–Trinajstić information content (AvgIpc) is 2.79. The zero-order valence-electron chi connectivity index (χ0n) is 19.4. The Morgan fingerprint density at radius 3 is 2.39 bits per heavy atom. The Balaban J connectivity index is 1.77. The Morgan fingerprint density at radius 1 is 1.06 bits per heavy atom. The summed E-state index contributed by atoms with van der Waals surface area (Å²) in [4.78, 5) is 27.0. The third-order valence-corrected chi connectivity index (χ3v) is 5.84. The van der Waals surface area contributed by atoms with Crippen LogP contribution in [0.25, 0.3) is 0 Å². The van der Waals surface area contributed by atoms with Crippen LogP contribution in [0.1, 0.15) is 44.9 Å². The standard InChI is InChI=1S/C25H30N4O3S/c1-5-17-9-8-10-20(15-17)27-24(31)26-19-13-11-18(12-14-19)22-21(23(30)32-7-3)16(4)29(6-2)25(33)28-22/h8-15,22H,5-7H2,1-4H3,(H,28,33)(H2,26,27,31)/t22-/m1/s1. The van der Waals surface area contributed by atoms with Crippen LogP contribution in [0.2, 0.25) is 0 Å². The normalized spacial score (nSPS) is 15.7. The van der Waals surface area contributed by atoms with Crippen molar-refractivity contribution in [2.45, 2.75) is 40.2 Å². The van der Waals surface area contributed by atoms with E-state index in [2.05, 4.69) is 22.9 Å². The van der Waals surface area contributed by atoms with Crippen molar-refractivity contribution in [1.29, 1.82) is 0 Å². The second-order valence-corrected chi connectivity index (χ2v) is 7.99. The lowest BCUT2D eigenvalue weighted by molar-refractivity contribution is -0.139. The van der Waals surface area contributed by atoms with Crippen LogP contribution in [0.5, 0.6) is 0 Å². The molecule has 0 bridgehead atoms. The van der Waals surface area contributed by atoms with Crippen molar-refractivity contribution in [1.82, 2.24) is 10.2 Å². The van der Waals surface area contributed by atoms with Gasteiger partial charge < -0.3 is 25.6 Å². The van der Waals surface area contributed by atoms with Crippen LogP contribution >= 0.6 is 12.2 Å². The number of esters is 1. The minimum atomic E-state index is -0.431. The van der Waals surface area contributed by atoms with Gasteiger partial charge in [0.05, 0.1) is 18.2 Å². The summed E-state index contributed by atoms with van der Waals surface area (Å²) < 4.78 is 5.31. The van der Waals surface area contributed by atoms with Gasteiger partial charge in [-0.25, -0.2) is 9.59 Å². The molecule has 0 spiro atoms. The minimum absolute atomic E-state index is 0.290. The number of rotatable bonds is 7. The lowest BCUT2D eigenvalue weighted by atomic mass is 9.95. The minimum Gasteiger partial charge on any atom is -0.463 e. The zero-order chi connectivity index (χ0) is 24.0. The van der Waals surface area contributed by atoms with Gasteiger partial charge in [0, 0.05) is 23.6 Å². The third kappa shape index (κ3) is 5.70. The number of benzene rings is 2. The number of carbonyl (C=O) groups excluding carboxylic acids is 2. The van der Waals surface area contributed by atoms with Crippen molar-refractivity contribution < 1.29 is 14.3 Å². The van der Waals surface area contributed by atoms with Crippen LogP contribution in [0.4, 0.5) is 16.2 Å². The summed E-state index contributed by atoms with van der Waals surface area (Å²) in [6, 6.07) is 14.3. The fourth-order valence-electron chi connectivity index (χ4n) is 3.81. The number of ether oxygens (including phenoxy) is 1. The first-order valence-corrected chi connectivity index (χ1v) is 11.5. The number of aryl methyl sites for hydroxylation is 1. The Labute approximate surface area is 200 Å². The van der Waals surface area contributed by atoms with Crippen LogP contribution in [0.3, 0.4) is 0 Å². The van der Waals surface area contributed by atoms with E-state index >= 15 is 0 Å². The quantitative estimate of drug-likeness (QED) is 0.394. The number of urea groups is 1. The Kier molecular flexibility index (Phi) is 8.06. The van der Waals surface area contributed by atoms with Crippen molar-refractivity contribution in [3.05, 3.63) is 70.9 Å². The van der Waals surface area contributed by atoms with E-state index in [1.807, 2.05) is 55.1 Å². The van der Waals surface area contributed by atoms with E-state index in [0.29, 0.717) is 22.9 Å². The monoisotopic (exact) mass is 466 g/mol. The highest BCUT2D eigenvalue weighted by atomic mass is 32.1. The molecule has 3 N–H and O–H groups in total. The summed E-state index contributed by atoms with van der Waals surface area (Å²) in [5.41, 5.74) is 4.68. The number of carbonyl (C=O) groups is 2. The molecule has 8 heteroatoms. The molecule has 2 aromatic carbocycles. The van der Waals surface area contributed by atoms with E-state index in [-0.39, 0.29) is 18.6 Å². The van der Waals surface area contributed by atoms with Crippen LogP contribution < -0.4 is 16.0 Å². The van der Waals surface area contributed by atoms with Crippen LogP contribution in [-0.2, 0) is 16.0 Å². The van der Waals surface area contributed by atoms with E-state index in [1.165, 1.54) is 0 Å². The molecule has 2 aromatic rings. The molecule has 1 aliphatic rings. The topological polar surface area (TPSA) is 82.7 Å². The predicted molar refractivity (Wildman–Crippen MR) is 135 cm³/mol. The van der Waals surface area contributed by atoms with E-state index in [9.17, 15) is 9.59 Å². The predicted octanol–water partition coefficient (Wildman–Crippen LogP) is 4.98. The number of thiocarbonyl (C=S) groups is 1. The van der Waals surface area contributed by atoms with Crippen molar-refractivity contribution in [2.24, 2.45) is 0 Å². The maximum atomic E-state index is 12.7. The third-order valence-electron chi connectivity index (χ3n) is 5.50. The largest absolute Gasteiger partial charge is 0.463 e. The fraction of sp³-hybridized carbons (Fsp3) is 0.320. The van der Waals surface area contributed by atoms with Gasteiger partial charge in [-0.1, -0.05) is 31.2 Å². The average molecular weight is 467 g/mol. The molecule has 1 heterocycles. The highest BCUT2D eigenvalue weighted by molar-refractivity contribution is 7.80. The maximum Gasteiger partial charge on any atom is 0.338 e. The van der Waals surface area contributed by atoms with E-state index in [0.717, 1.165) is 28.9 Å². The van der Waals surface area contributed by atoms with Crippen LogP contribution in [-0.4, -0.2) is 35.2 Å². The molecule has 3 rings (SSSR count). The van der Waals surface area contributed by atoms with Crippen LogP contribution in [0, 0.1) is 0 Å². The summed E-state index contributed by atoms with van der Waals surface area (Å²) in [5, 5.41) is 9.50. The van der Waals surface area contributed by atoms with Crippen molar-refractivity contribution in [2.75, 3.05) is 23.8 Å². The fourth-order valence-corrected chi connectivity index (χ4v) is 4.19. The molecule has 0 fully saturated rings. The zero-order valence-corrected chi connectivity index (χ0v) is 20.2. The summed E-state index contributed by atoms with van der Waals surface area (Å²) >= 11 is 5.51. The molecule has 7 nitrogen and oxygen atoms in total. The lowest BCUT2D eigenvalue weighted by Gasteiger charge is -2.37. The number of nitrogens with one attached hydrogen (secondary N) is 3. The molecule has 0 saturated carbocycles. The van der Waals surface area contributed by atoms with Gasteiger partial charge in [-0.2, -0.15) is 0 Å². The molecule has 1 aliphatic heterocycles. The number of amides is 2. The van der Waals surface area contributed by atoms with Gasteiger partial charge in [-0.3, -0.25) is 0 Å². The number of hydrogen-bond donors (Lipinski definition) is 3. The molecular weight excluding hydrogens is 436 g/mol. The number of hydrogen-bond acceptors (Lipinski definition) is 4. The molecule has 0 unspecified atom stereocenters. The highest BCUT2D eigenvalue weighted by Gasteiger charge is 2.34. The Morgan fingerprint density at radius 2 is 1.76 bits per heavy atom. The Bertz CT molecular complexity index is 1070. The van der Waals surface area contributed by atoms with Crippen molar-refractivity contribution >= 4 is 40.7 Å². The van der Waals surface area contributed by atoms with Crippen molar-refractivity contribution in [3.8, 4) is 0 Å². The molecule has 0 saturated heterocycles. The van der Waals surface area contributed by atoms with Gasteiger partial charge in [0.1, 0.15) is 0 Å². The molecule has 33 heavy (non-hydrogen) atoms. The van der Waals surface area contributed by atoms with E-state index in [4.69, 9.17) is 17.0 Å². The van der Waals surface area contributed by atoms with Crippen LogP contribution in [0.15, 0.2) is 59.8 Å². The smallest absolute Gasteiger partial charge is 0.338 e. The lowest BCUT2D eigenvalue weighted by Crippen LogP contribution is -2.47. The second kappa shape index (κ2) is 11.0. The Hall–Kier alpha value is -3.39. The van der Waals surface area contributed by atoms with Gasteiger partial charge in [0.2, 0.25) is 0 Å². The molecule has 0 aromatic heterocycles. The number of nitrogens with zero attached hydrogens (tertiary/aromatic N) is 1. The first kappa shape index (κ1) is 24.3. The maximum absolute atomic E-state index is 12.7. The molecular formula is C25H30N4O3S. The summed E-state index contributed by atoms with van der Waals surface area (Å²) in [5.74, 6) is -0.371.